The summed E-state index contributed by atoms with van der Waals surface area (Å²) >= 11 is 0. The molecule has 0 aromatic carbocycles. The van der Waals surface area contributed by atoms with E-state index in [0.29, 0.717) is 13.1 Å². The van der Waals surface area contributed by atoms with Crippen molar-refractivity contribution < 1.29 is 9.48 Å². The van der Waals surface area contributed by atoms with Crippen molar-refractivity contribution >= 4 is 12.4 Å². The molecule has 1 aliphatic heterocycles. The van der Waals surface area contributed by atoms with Crippen LogP contribution in [0.25, 0.3) is 0 Å². The maximum atomic E-state index is 11.4. The van der Waals surface area contributed by atoms with Crippen molar-refractivity contribution in [1.82, 2.24) is 0 Å². The van der Waals surface area contributed by atoms with Crippen LogP contribution in [0.2, 0.25) is 0 Å². The fourth-order valence-corrected chi connectivity index (χ4v) is 2.18. The van der Waals surface area contributed by atoms with Crippen molar-refractivity contribution in [3.63, 3.8) is 0 Å². The zero-order chi connectivity index (χ0) is 13.1. The van der Waals surface area contributed by atoms with Crippen LogP contribution in [0.1, 0.15) is 64.2 Å². The lowest BCUT2D eigenvalue weighted by Gasteiger charge is -2.06. The van der Waals surface area contributed by atoms with Crippen LogP contribution in [0.3, 0.4) is 0 Å². The molecule has 0 N–H and O–H groups in total. The summed E-state index contributed by atoms with van der Waals surface area (Å²) < 4.78 is 2.19. The summed E-state index contributed by atoms with van der Waals surface area (Å²) in [5, 5.41) is 22.9. The number of rotatable bonds is 0. The molecule has 4 nitrogen and oxygen atoms in total. The van der Waals surface area contributed by atoms with Crippen molar-refractivity contribution in [2.75, 3.05) is 13.1 Å². The monoisotopic (exact) mass is 254 g/mol. The van der Waals surface area contributed by atoms with Gasteiger partial charge in [-0.2, -0.15) is 0 Å². The van der Waals surface area contributed by atoms with Gasteiger partial charge in [-0.1, -0.05) is 12.8 Å². The van der Waals surface area contributed by atoms with Gasteiger partial charge in [0.15, 0.2) is 25.5 Å². The van der Waals surface area contributed by atoms with Crippen molar-refractivity contribution in [3.8, 4) is 0 Å². The zero-order valence-corrected chi connectivity index (χ0v) is 11.4. The van der Waals surface area contributed by atoms with Gasteiger partial charge >= 0.3 is 0 Å². The second kappa shape index (κ2) is 9.92. The molecule has 4 heteroatoms. The number of nitrogens with zero attached hydrogens (tertiary/aromatic N) is 2. The summed E-state index contributed by atoms with van der Waals surface area (Å²) in [6.45, 7) is 1.24. The first-order valence-electron chi connectivity index (χ1n) is 7.33. The van der Waals surface area contributed by atoms with Gasteiger partial charge in [-0.15, -0.1) is 0 Å². The highest BCUT2D eigenvalue weighted by Gasteiger charge is 1.99. The van der Waals surface area contributed by atoms with E-state index in [2.05, 4.69) is 0 Å². The van der Waals surface area contributed by atoms with E-state index in [4.69, 9.17) is 0 Å². The number of hydrogen-bond donors (Lipinski definition) is 0. The average molecular weight is 254 g/mol. The van der Waals surface area contributed by atoms with Gasteiger partial charge in [0.25, 0.3) is 0 Å². The topological polar surface area (TPSA) is 52.1 Å². The van der Waals surface area contributed by atoms with E-state index in [1.807, 2.05) is 0 Å². The predicted octanol–water partition coefficient (Wildman–Crippen LogP) is 3.06. The Labute approximate surface area is 110 Å². The average Bonchev–Trinajstić information content (AvgIpc) is 2.35. The molecule has 0 unspecified atom stereocenters. The molecule has 0 aromatic heterocycles. The molecular formula is C14H26N2O2. The Kier molecular flexibility index (Phi) is 8.26. The lowest BCUT2D eigenvalue weighted by atomic mass is 10.1. The lowest BCUT2D eigenvalue weighted by Crippen LogP contribution is -2.08. The quantitative estimate of drug-likeness (QED) is 0.493. The van der Waals surface area contributed by atoms with E-state index in [9.17, 15) is 10.4 Å². The van der Waals surface area contributed by atoms with Crippen LogP contribution in [-0.2, 0) is 0 Å². The van der Waals surface area contributed by atoms with Crippen LogP contribution in [-0.4, -0.2) is 35.0 Å². The second-order valence-corrected chi connectivity index (χ2v) is 5.05. The van der Waals surface area contributed by atoms with Crippen molar-refractivity contribution in [2.45, 2.75) is 64.2 Å². The highest BCUT2D eigenvalue weighted by atomic mass is 16.5. The van der Waals surface area contributed by atoms with Gasteiger partial charge < -0.3 is 10.4 Å². The van der Waals surface area contributed by atoms with E-state index in [1.54, 1.807) is 12.4 Å². The molecule has 0 radical (unpaired) electrons. The van der Waals surface area contributed by atoms with E-state index in [-0.39, 0.29) is 0 Å². The molecule has 0 saturated carbocycles. The van der Waals surface area contributed by atoms with E-state index in [0.717, 1.165) is 73.7 Å². The highest BCUT2D eigenvalue weighted by molar-refractivity contribution is 5.51. The van der Waals surface area contributed by atoms with Gasteiger partial charge in [0.05, 0.1) is 0 Å². The van der Waals surface area contributed by atoms with Crippen molar-refractivity contribution in [1.29, 1.82) is 0 Å². The molecule has 0 amide bonds. The second-order valence-electron chi connectivity index (χ2n) is 5.05. The Morgan fingerprint density at radius 1 is 0.556 bits per heavy atom. The maximum absolute atomic E-state index is 11.4. The SMILES string of the molecule is [O-]/[N+]1=C/CCCCCC/[N+]([O-])=C\CCCCCC1. The summed E-state index contributed by atoms with van der Waals surface area (Å²) in [4.78, 5) is 0. The van der Waals surface area contributed by atoms with Gasteiger partial charge in [0.1, 0.15) is 0 Å². The minimum Gasteiger partial charge on any atom is -0.624 e. The van der Waals surface area contributed by atoms with Crippen molar-refractivity contribution in [2.24, 2.45) is 0 Å². The first-order valence-corrected chi connectivity index (χ1v) is 7.33. The standard InChI is InChI=1S/C14H26N2O2/c17-15-11-7-3-1-4-8-12-16(18)14-10-6-2-5-9-13-15/h11,14H,1-10,12-13H2/b15-11+,16-14+. The Bertz CT molecular complexity index is 247. The smallest absolute Gasteiger partial charge is 0.153 e. The molecular weight excluding hydrogens is 228 g/mol. The predicted molar refractivity (Wildman–Crippen MR) is 75.3 cm³/mol. The third kappa shape index (κ3) is 8.09. The van der Waals surface area contributed by atoms with Crippen LogP contribution < -0.4 is 0 Å². The van der Waals surface area contributed by atoms with Gasteiger partial charge in [-0.3, -0.25) is 0 Å². The number of hydrogen-bond acceptors (Lipinski definition) is 2. The third-order valence-electron chi connectivity index (χ3n) is 3.33. The maximum Gasteiger partial charge on any atom is 0.153 e. The fraction of sp³-hybridized carbons (Fsp3) is 0.857. The fourth-order valence-electron chi connectivity index (χ4n) is 2.18. The minimum absolute atomic E-state index is 0.622. The number of hydroxylamine groups is 2. The minimum atomic E-state index is 0.622. The first kappa shape index (κ1) is 15.0. The molecule has 1 rings (SSSR count). The molecule has 0 aromatic rings. The molecule has 0 aliphatic carbocycles. The van der Waals surface area contributed by atoms with Crippen LogP contribution in [0.4, 0.5) is 0 Å². The normalized spacial score (nSPS) is 27.8. The molecule has 104 valence electrons. The summed E-state index contributed by atoms with van der Waals surface area (Å²) in [6, 6.07) is 0. The summed E-state index contributed by atoms with van der Waals surface area (Å²) in [7, 11) is 0. The summed E-state index contributed by atoms with van der Waals surface area (Å²) in [5.74, 6) is 0. The third-order valence-corrected chi connectivity index (χ3v) is 3.33. The van der Waals surface area contributed by atoms with E-state index < -0.39 is 0 Å². The summed E-state index contributed by atoms with van der Waals surface area (Å²) in [6.07, 6.45) is 13.7. The Morgan fingerprint density at radius 2 is 0.944 bits per heavy atom. The van der Waals surface area contributed by atoms with Crippen LogP contribution in [0, 0.1) is 10.4 Å². The highest BCUT2D eigenvalue weighted by Crippen LogP contribution is 2.04. The Morgan fingerprint density at radius 3 is 1.39 bits per heavy atom. The molecule has 0 saturated heterocycles. The Hall–Kier alpha value is -1.06. The largest absolute Gasteiger partial charge is 0.624 e. The van der Waals surface area contributed by atoms with E-state index >= 15 is 0 Å². The molecule has 0 atom stereocenters. The lowest BCUT2D eigenvalue weighted by molar-refractivity contribution is -0.455. The van der Waals surface area contributed by atoms with Crippen LogP contribution >= 0.6 is 0 Å². The van der Waals surface area contributed by atoms with Gasteiger partial charge in [-0.25, -0.2) is 9.48 Å². The molecule has 1 aliphatic rings. The molecule has 0 fully saturated rings. The molecule has 0 bridgehead atoms. The zero-order valence-electron chi connectivity index (χ0n) is 11.4. The Balaban J connectivity index is 2.31. The van der Waals surface area contributed by atoms with Crippen molar-refractivity contribution in [3.05, 3.63) is 10.4 Å². The van der Waals surface area contributed by atoms with Gasteiger partial charge in [-0.05, 0) is 25.7 Å². The van der Waals surface area contributed by atoms with Gasteiger partial charge in [0.2, 0.25) is 0 Å². The van der Waals surface area contributed by atoms with Gasteiger partial charge in [0, 0.05) is 25.7 Å². The first-order chi connectivity index (χ1) is 8.79. The van der Waals surface area contributed by atoms with Crippen LogP contribution in [0.15, 0.2) is 0 Å². The molecule has 0 spiro atoms. The van der Waals surface area contributed by atoms with E-state index in [1.165, 1.54) is 0 Å². The molecule has 1 heterocycles. The van der Waals surface area contributed by atoms with Crippen LogP contribution in [0.5, 0.6) is 0 Å². The summed E-state index contributed by atoms with van der Waals surface area (Å²) in [5.41, 5.74) is 0. The molecule has 18 heavy (non-hydrogen) atoms.